The maximum Gasteiger partial charge on any atom is -0.00745 e. The molecule has 0 aliphatic heterocycles. The van der Waals surface area contributed by atoms with E-state index in [4.69, 9.17) is 5.73 Å². The molecule has 48 valence electrons. The molecule has 0 radical (unpaired) electrons. The van der Waals surface area contributed by atoms with Crippen LogP contribution in [0.15, 0.2) is 0 Å². The Morgan fingerprint density at radius 3 is 2.62 bits per heavy atom. The van der Waals surface area contributed by atoms with Crippen molar-refractivity contribution in [1.29, 1.82) is 0 Å². The maximum absolute atomic E-state index is 5.39. The van der Waals surface area contributed by atoms with Crippen molar-refractivity contribution in [3.8, 4) is 0 Å². The van der Waals surface area contributed by atoms with Crippen molar-refractivity contribution in [2.45, 2.75) is 26.2 Å². The Bertz CT molecular complexity index is 70.8. The van der Waals surface area contributed by atoms with E-state index < -0.39 is 0 Å². The fraction of sp³-hybridized carbons (Fsp3) is 1.00. The van der Waals surface area contributed by atoms with Crippen LogP contribution in [0.5, 0.6) is 0 Å². The van der Waals surface area contributed by atoms with Crippen LogP contribution in [0.2, 0.25) is 0 Å². The zero-order valence-corrected chi connectivity index (χ0v) is 5.56. The Hall–Kier alpha value is -0.0400. The summed E-state index contributed by atoms with van der Waals surface area (Å²) in [5, 5.41) is 0. The van der Waals surface area contributed by atoms with Crippen LogP contribution >= 0.6 is 0 Å². The van der Waals surface area contributed by atoms with Gasteiger partial charge in [0.2, 0.25) is 0 Å². The Labute approximate surface area is 51.3 Å². The van der Waals surface area contributed by atoms with Gasteiger partial charge in [0.05, 0.1) is 0 Å². The Morgan fingerprint density at radius 1 is 1.50 bits per heavy atom. The van der Waals surface area contributed by atoms with Crippen molar-refractivity contribution in [3.63, 3.8) is 0 Å². The van der Waals surface area contributed by atoms with Gasteiger partial charge in [0.15, 0.2) is 0 Å². The minimum atomic E-state index is 0.890. The molecule has 0 unspecified atom stereocenters. The van der Waals surface area contributed by atoms with Gasteiger partial charge < -0.3 is 5.73 Å². The average Bonchev–Trinajstić information content (AvgIpc) is 2.48. The van der Waals surface area contributed by atoms with Crippen LogP contribution in [0, 0.1) is 11.8 Å². The second-order valence-electron chi connectivity index (χ2n) is 2.74. The Morgan fingerprint density at radius 2 is 2.25 bits per heavy atom. The molecule has 0 aromatic heterocycles. The second kappa shape index (κ2) is 2.49. The first-order valence-electron chi connectivity index (χ1n) is 3.58. The minimum absolute atomic E-state index is 0.890. The zero-order chi connectivity index (χ0) is 5.98. The van der Waals surface area contributed by atoms with Gasteiger partial charge in [-0.25, -0.2) is 0 Å². The van der Waals surface area contributed by atoms with Crippen LogP contribution in [0.1, 0.15) is 26.2 Å². The summed E-state index contributed by atoms with van der Waals surface area (Å²) in [6.07, 6.45) is 4.08. The van der Waals surface area contributed by atoms with Crippen molar-refractivity contribution in [3.05, 3.63) is 0 Å². The quantitative estimate of drug-likeness (QED) is 0.588. The summed E-state index contributed by atoms with van der Waals surface area (Å²) >= 11 is 0. The van der Waals surface area contributed by atoms with Gasteiger partial charge in [-0.05, 0) is 31.2 Å². The van der Waals surface area contributed by atoms with E-state index in [2.05, 4.69) is 6.92 Å². The maximum atomic E-state index is 5.39. The highest BCUT2D eigenvalue weighted by Crippen LogP contribution is 2.42. The van der Waals surface area contributed by atoms with E-state index in [1.54, 1.807) is 0 Å². The largest absolute Gasteiger partial charge is 0.330 e. The highest BCUT2D eigenvalue weighted by atomic mass is 14.5. The van der Waals surface area contributed by atoms with Crippen LogP contribution in [-0.4, -0.2) is 6.54 Å². The van der Waals surface area contributed by atoms with Gasteiger partial charge in [-0.1, -0.05) is 13.3 Å². The van der Waals surface area contributed by atoms with E-state index in [0.717, 1.165) is 18.4 Å². The minimum Gasteiger partial charge on any atom is -0.330 e. The molecular weight excluding hydrogens is 98.1 g/mol. The smallest absolute Gasteiger partial charge is 0.00745 e. The first kappa shape index (κ1) is 6.09. The van der Waals surface area contributed by atoms with E-state index in [0.29, 0.717) is 0 Å². The molecular formula is C7H15N. The Balaban J connectivity index is 1.99. The Kier molecular flexibility index (Phi) is 1.90. The van der Waals surface area contributed by atoms with E-state index in [9.17, 15) is 0 Å². The predicted octanol–water partition coefficient (Wildman–Crippen LogP) is 1.38. The van der Waals surface area contributed by atoms with E-state index >= 15 is 0 Å². The summed E-state index contributed by atoms with van der Waals surface area (Å²) in [6.45, 7) is 3.16. The van der Waals surface area contributed by atoms with Gasteiger partial charge in [0, 0.05) is 0 Å². The van der Waals surface area contributed by atoms with Crippen molar-refractivity contribution in [2.24, 2.45) is 17.6 Å². The fourth-order valence-corrected chi connectivity index (χ4v) is 1.38. The van der Waals surface area contributed by atoms with Gasteiger partial charge in [-0.15, -0.1) is 0 Å². The lowest BCUT2D eigenvalue weighted by Crippen LogP contribution is -1.99. The molecule has 1 aliphatic rings. The molecule has 0 heterocycles. The molecule has 0 saturated heterocycles. The van der Waals surface area contributed by atoms with Gasteiger partial charge in [-0.3, -0.25) is 0 Å². The predicted molar refractivity (Wildman–Crippen MR) is 35.6 cm³/mol. The lowest BCUT2D eigenvalue weighted by Gasteiger charge is -1.90. The topological polar surface area (TPSA) is 26.0 Å². The summed E-state index contributed by atoms with van der Waals surface area (Å²) in [4.78, 5) is 0. The number of hydrogen-bond donors (Lipinski definition) is 1. The van der Waals surface area contributed by atoms with Crippen LogP contribution < -0.4 is 5.73 Å². The third-order valence-electron chi connectivity index (χ3n) is 2.13. The summed E-state index contributed by atoms with van der Waals surface area (Å²) in [6, 6.07) is 0. The molecule has 0 aromatic carbocycles. The molecule has 1 heteroatoms. The van der Waals surface area contributed by atoms with Crippen LogP contribution in [0.25, 0.3) is 0 Å². The standard InChI is InChI=1S/C7H15N/c1-2-6-5-7(6)3-4-8/h6-7H,2-5,8H2,1H3/t6-,7+/m1/s1. The number of rotatable bonds is 3. The number of hydrogen-bond acceptors (Lipinski definition) is 1. The van der Waals surface area contributed by atoms with Gasteiger partial charge in [0.25, 0.3) is 0 Å². The van der Waals surface area contributed by atoms with Crippen LogP contribution in [0.3, 0.4) is 0 Å². The molecule has 1 fully saturated rings. The van der Waals surface area contributed by atoms with E-state index in [1.807, 2.05) is 0 Å². The summed E-state index contributed by atoms with van der Waals surface area (Å²) < 4.78 is 0. The monoisotopic (exact) mass is 113 g/mol. The molecule has 0 spiro atoms. The molecule has 1 rings (SSSR count). The molecule has 0 aromatic rings. The first-order chi connectivity index (χ1) is 3.88. The second-order valence-corrected chi connectivity index (χ2v) is 2.74. The molecule has 1 nitrogen and oxygen atoms in total. The van der Waals surface area contributed by atoms with Crippen LogP contribution in [0.4, 0.5) is 0 Å². The van der Waals surface area contributed by atoms with Crippen molar-refractivity contribution in [1.82, 2.24) is 0 Å². The lowest BCUT2D eigenvalue weighted by atomic mass is 10.2. The molecule has 0 bridgehead atoms. The number of nitrogens with two attached hydrogens (primary N) is 1. The zero-order valence-electron chi connectivity index (χ0n) is 5.56. The van der Waals surface area contributed by atoms with Crippen LogP contribution in [-0.2, 0) is 0 Å². The van der Waals surface area contributed by atoms with Crippen molar-refractivity contribution in [2.75, 3.05) is 6.54 Å². The van der Waals surface area contributed by atoms with Crippen molar-refractivity contribution >= 4 is 0 Å². The average molecular weight is 113 g/mol. The highest BCUT2D eigenvalue weighted by molar-refractivity contribution is 4.84. The third kappa shape index (κ3) is 1.22. The molecule has 8 heavy (non-hydrogen) atoms. The van der Waals surface area contributed by atoms with Gasteiger partial charge in [-0.2, -0.15) is 0 Å². The van der Waals surface area contributed by atoms with Gasteiger partial charge >= 0.3 is 0 Å². The SMILES string of the molecule is CC[C@@H]1C[C@@H]1CCN. The van der Waals surface area contributed by atoms with Gasteiger partial charge in [0.1, 0.15) is 0 Å². The third-order valence-corrected chi connectivity index (χ3v) is 2.13. The molecule has 1 saturated carbocycles. The van der Waals surface area contributed by atoms with Crippen molar-refractivity contribution < 1.29 is 0 Å². The normalized spacial score (nSPS) is 35.2. The molecule has 2 N–H and O–H groups in total. The van der Waals surface area contributed by atoms with E-state index in [1.165, 1.54) is 19.3 Å². The fourth-order valence-electron chi connectivity index (χ4n) is 1.38. The first-order valence-corrected chi connectivity index (χ1v) is 3.58. The molecule has 0 amide bonds. The highest BCUT2D eigenvalue weighted by Gasteiger charge is 2.33. The lowest BCUT2D eigenvalue weighted by molar-refractivity contribution is 0.639. The summed E-state index contributed by atoms with van der Waals surface area (Å²) in [7, 11) is 0. The summed E-state index contributed by atoms with van der Waals surface area (Å²) in [5.74, 6) is 2.04. The van der Waals surface area contributed by atoms with E-state index in [-0.39, 0.29) is 0 Å². The molecule has 2 atom stereocenters. The molecule has 1 aliphatic carbocycles. The summed E-state index contributed by atoms with van der Waals surface area (Å²) in [5.41, 5.74) is 5.39.